The second kappa shape index (κ2) is 8.78. The Morgan fingerprint density at radius 1 is 0.636 bits per heavy atom. The van der Waals surface area contributed by atoms with Gasteiger partial charge in [-0.15, -0.1) is 0 Å². The minimum Gasteiger partial charge on any atom is -0.310 e. The second-order valence-electron chi connectivity index (χ2n) is 7.89. The topological polar surface area (TPSA) is 3.24 Å². The lowest BCUT2D eigenvalue weighted by Crippen LogP contribution is -2.21. The minimum atomic E-state index is -1.47. The van der Waals surface area contributed by atoms with Crippen LogP contribution in [0.3, 0.4) is 0 Å². The summed E-state index contributed by atoms with van der Waals surface area (Å²) in [6, 6.07) is 20.6. The van der Waals surface area contributed by atoms with Gasteiger partial charge in [0.25, 0.3) is 0 Å². The molecule has 1 nitrogen and oxygen atoms in total. The molecular weight excluding hydrogens is 425 g/mol. The molecular formula is C27H20BF4N. The van der Waals surface area contributed by atoms with Crippen LogP contribution in [0.5, 0.6) is 0 Å². The van der Waals surface area contributed by atoms with Crippen molar-refractivity contribution >= 4 is 30.4 Å². The van der Waals surface area contributed by atoms with Crippen LogP contribution in [-0.4, -0.2) is 7.85 Å². The molecule has 4 aromatic carbocycles. The Balaban J connectivity index is 2.00. The third-order valence-electron chi connectivity index (χ3n) is 5.79. The van der Waals surface area contributed by atoms with Crippen molar-refractivity contribution in [1.29, 1.82) is 0 Å². The van der Waals surface area contributed by atoms with Gasteiger partial charge in [-0.1, -0.05) is 41.9 Å². The first kappa shape index (κ1) is 22.7. The summed E-state index contributed by atoms with van der Waals surface area (Å²) < 4.78 is 58.1. The fourth-order valence-corrected chi connectivity index (χ4v) is 4.08. The van der Waals surface area contributed by atoms with Crippen molar-refractivity contribution < 1.29 is 17.6 Å². The molecule has 0 aliphatic rings. The number of aryl methyl sites for hydroxylation is 1. The van der Waals surface area contributed by atoms with Crippen molar-refractivity contribution in [3.05, 3.63) is 107 Å². The van der Waals surface area contributed by atoms with Gasteiger partial charge in [0.05, 0.1) is 11.3 Å². The molecule has 0 heterocycles. The summed E-state index contributed by atoms with van der Waals surface area (Å²) in [6.07, 6.45) is 0. The van der Waals surface area contributed by atoms with Crippen LogP contribution in [0, 0.1) is 44.0 Å². The Labute approximate surface area is 191 Å². The van der Waals surface area contributed by atoms with Crippen molar-refractivity contribution in [2.75, 3.05) is 4.90 Å². The Kier molecular flexibility index (Phi) is 6.02. The lowest BCUT2D eigenvalue weighted by atomic mass is 9.80. The Morgan fingerprint density at radius 3 is 1.55 bits per heavy atom. The molecule has 0 fully saturated rings. The number of rotatable bonds is 4. The van der Waals surface area contributed by atoms with Gasteiger partial charge < -0.3 is 4.90 Å². The molecule has 0 aromatic heterocycles. The standard InChI is InChI=1S/C27H20BF4N/c1-15-14-20(21-25(31)23(29)17(3)24(30)26(21)32)22(28)16(2)27(15)33(18-10-6-4-7-11-18)19-12-8-5-9-13-19/h4-14H,1-3H3. The SMILES string of the molecule is [B]c1c(-c2c(F)c(F)c(C)c(F)c2F)cc(C)c(N(c2ccccc2)c2ccccc2)c1C. The average molecular weight is 445 g/mol. The van der Waals surface area contributed by atoms with Crippen LogP contribution in [0.4, 0.5) is 34.6 Å². The summed E-state index contributed by atoms with van der Waals surface area (Å²) >= 11 is 0. The summed E-state index contributed by atoms with van der Waals surface area (Å²) in [5.74, 6) is -5.80. The molecule has 2 radical (unpaired) electrons. The normalized spacial score (nSPS) is 11.0. The largest absolute Gasteiger partial charge is 0.310 e. The van der Waals surface area contributed by atoms with Crippen molar-refractivity contribution in [2.45, 2.75) is 20.8 Å². The number of anilines is 3. The molecule has 0 unspecified atom stereocenters. The van der Waals surface area contributed by atoms with Gasteiger partial charge in [0.15, 0.2) is 23.3 Å². The van der Waals surface area contributed by atoms with Crippen LogP contribution in [0.2, 0.25) is 0 Å². The van der Waals surface area contributed by atoms with E-state index in [0.29, 0.717) is 16.8 Å². The molecule has 0 saturated heterocycles. The molecule has 4 rings (SSSR count). The second-order valence-corrected chi connectivity index (χ2v) is 7.89. The van der Waals surface area contributed by atoms with Gasteiger partial charge in [-0.25, -0.2) is 17.6 Å². The van der Waals surface area contributed by atoms with Crippen LogP contribution in [0.15, 0.2) is 66.7 Å². The molecule has 0 atom stereocenters. The summed E-state index contributed by atoms with van der Waals surface area (Å²) in [6.45, 7) is 4.47. The van der Waals surface area contributed by atoms with Crippen molar-refractivity contribution in [2.24, 2.45) is 0 Å². The molecule has 0 bridgehead atoms. The van der Waals surface area contributed by atoms with E-state index in [4.69, 9.17) is 7.85 Å². The van der Waals surface area contributed by atoms with E-state index in [9.17, 15) is 17.6 Å². The van der Waals surface area contributed by atoms with Crippen LogP contribution in [0.1, 0.15) is 16.7 Å². The first-order valence-corrected chi connectivity index (χ1v) is 10.4. The summed E-state index contributed by atoms with van der Waals surface area (Å²) in [5.41, 5.74) is 1.99. The van der Waals surface area contributed by atoms with Gasteiger partial charge in [0.1, 0.15) is 7.85 Å². The molecule has 0 N–H and O–H groups in total. The smallest absolute Gasteiger partial charge is 0.170 e. The molecule has 0 spiro atoms. The van der Waals surface area contributed by atoms with Crippen LogP contribution < -0.4 is 10.4 Å². The van der Waals surface area contributed by atoms with E-state index in [1.807, 2.05) is 65.6 Å². The highest BCUT2D eigenvalue weighted by Gasteiger charge is 2.27. The number of benzene rings is 4. The van der Waals surface area contributed by atoms with Gasteiger partial charge in [0.2, 0.25) is 0 Å². The number of para-hydroxylation sites is 2. The fourth-order valence-electron chi connectivity index (χ4n) is 4.08. The predicted molar refractivity (Wildman–Crippen MR) is 126 cm³/mol. The molecule has 0 saturated carbocycles. The number of hydrogen-bond acceptors (Lipinski definition) is 1. The van der Waals surface area contributed by atoms with Gasteiger partial charge in [-0.05, 0) is 67.8 Å². The van der Waals surface area contributed by atoms with Crippen LogP contribution in [0.25, 0.3) is 11.1 Å². The lowest BCUT2D eigenvalue weighted by molar-refractivity contribution is 0.449. The number of halogens is 4. The zero-order valence-electron chi connectivity index (χ0n) is 18.4. The van der Waals surface area contributed by atoms with E-state index in [0.717, 1.165) is 18.3 Å². The lowest BCUT2D eigenvalue weighted by Gasteiger charge is -2.30. The molecule has 33 heavy (non-hydrogen) atoms. The third kappa shape index (κ3) is 3.80. The van der Waals surface area contributed by atoms with Crippen molar-refractivity contribution in [3.63, 3.8) is 0 Å². The quantitative estimate of drug-likeness (QED) is 0.184. The maximum Gasteiger partial charge on any atom is 0.170 e. The van der Waals surface area contributed by atoms with Gasteiger partial charge in [-0.2, -0.15) is 0 Å². The maximum atomic E-state index is 14.8. The highest BCUT2D eigenvalue weighted by atomic mass is 19.2. The molecule has 164 valence electrons. The van der Waals surface area contributed by atoms with E-state index in [2.05, 4.69) is 0 Å². The first-order chi connectivity index (χ1) is 15.7. The zero-order valence-corrected chi connectivity index (χ0v) is 18.4. The van der Waals surface area contributed by atoms with Crippen LogP contribution >= 0.6 is 0 Å². The minimum absolute atomic E-state index is 0.0351. The molecule has 6 heteroatoms. The average Bonchev–Trinajstić information content (AvgIpc) is 2.83. The Morgan fingerprint density at radius 2 is 1.09 bits per heavy atom. The third-order valence-corrected chi connectivity index (χ3v) is 5.79. The molecule has 0 aliphatic heterocycles. The van der Waals surface area contributed by atoms with Crippen molar-refractivity contribution in [1.82, 2.24) is 0 Å². The highest BCUT2D eigenvalue weighted by molar-refractivity contribution is 6.37. The van der Waals surface area contributed by atoms with E-state index < -0.39 is 34.4 Å². The predicted octanol–water partition coefficient (Wildman–Crippen LogP) is 7.10. The van der Waals surface area contributed by atoms with E-state index >= 15 is 0 Å². The molecule has 0 amide bonds. The highest BCUT2D eigenvalue weighted by Crippen LogP contribution is 2.40. The molecule has 0 aliphatic carbocycles. The Bertz CT molecular complexity index is 1270. The van der Waals surface area contributed by atoms with E-state index in [1.54, 1.807) is 13.8 Å². The summed E-state index contributed by atoms with van der Waals surface area (Å²) in [7, 11) is 6.35. The number of hydrogen-bond donors (Lipinski definition) is 0. The fraction of sp³-hybridized carbons (Fsp3) is 0.111. The first-order valence-electron chi connectivity index (χ1n) is 10.4. The van der Waals surface area contributed by atoms with E-state index in [1.165, 1.54) is 6.07 Å². The van der Waals surface area contributed by atoms with Crippen LogP contribution in [-0.2, 0) is 0 Å². The zero-order chi connectivity index (χ0) is 23.9. The summed E-state index contributed by atoms with van der Waals surface area (Å²) in [5, 5.41) is 0. The summed E-state index contributed by atoms with van der Waals surface area (Å²) in [4.78, 5) is 1.98. The molecule has 4 aromatic rings. The van der Waals surface area contributed by atoms with E-state index in [-0.39, 0.29) is 11.0 Å². The van der Waals surface area contributed by atoms with Gasteiger partial charge >= 0.3 is 0 Å². The van der Waals surface area contributed by atoms with Crippen molar-refractivity contribution in [3.8, 4) is 11.1 Å². The van der Waals surface area contributed by atoms with Gasteiger partial charge in [0, 0.05) is 16.9 Å². The van der Waals surface area contributed by atoms with Gasteiger partial charge in [-0.3, -0.25) is 0 Å². The monoisotopic (exact) mass is 445 g/mol. The number of nitrogens with zero attached hydrogens (tertiary/aromatic N) is 1. The Hall–Kier alpha value is -3.54. The maximum absolute atomic E-state index is 14.8.